The third kappa shape index (κ3) is 2.23. The molecule has 0 spiro atoms. The molecule has 2 aromatic rings. The topological polar surface area (TPSA) is 78.1 Å². The van der Waals surface area contributed by atoms with E-state index in [4.69, 9.17) is 5.73 Å². The summed E-state index contributed by atoms with van der Waals surface area (Å²) in [6.07, 6.45) is 4.70. The zero-order valence-corrected chi connectivity index (χ0v) is 9.25. The Morgan fingerprint density at radius 2 is 2.06 bits per heavy atom. The number of carbonyl (C=O) groups is 1. The first-order valence-electron chi connectivity index (χ1n) is 4.96. The fourth-order valence-corrected chi connectivity index (χ4v) is 1.47. The van der Waals surface area contributed by atoms with E-state index in [1.165, 1.54) is 13.3 Å². The second-order valence-corrected chi connectivity index (χ2v) is 3.38. The predicted octanol–water partition coefficient (Wildman–Crippen LogP) is 1.51. The lowest BCUT2D eigenvalue weighted by Gasteiger charge is -2.06. The van der Waals surface area contributed by atoms with Gasteiger partial charge in [-0.1, -0.05) is 0 Å². The summed E-state index contributed by atoms with van der Waals surface area (Å²) in [5.74, 6) is -0.0725. The van der Waals surface area contributed by atoms with Gasteiger partial charge in [-0.2, -0.15) is 0 Å². The van der Waals surface area contributed by atoms with Crippen LogP contribution in [0.4, 0.5) is 5.82 Å². The van der Waals surface area contributed by atoms with Gasteiger partial charge in [0, 0.05) is 24.2 Å². The fourth-order valence-electron chi connectivity index (χ4n) is 1.47. The van der Waals surface area contributed by atoms with Crippen molar-refractivity contribution in [2.75, 3.05) is 12.8 Å². The lowest BCUT2D eigenvalue weighted by molar-refractivity contribution is 0.0600. The van der Waals surface area contributed by atoms with Gasteiger partial charge in [0.1, 0.15) is 5.82 Å². The Morgan fingerprint density at radius 3 is 2.71 bits per heavy atom. The minimum Gasteiger partial charge on any atom is -0.465 e. The van der Waals surface area contributed by atoms with Crippen LogP contribution in [0.1, 0.15) is 10.4 Å². The summed E-state index contributed by atoms with van der Waals surface area (Å²) < 4.78 is 4.63. The van der Waals surface area contributed by atoms with E-state index in [2.05, 4.69) is 14.7 Å². The minimum atomic E-state index is -0.437. The molecule has 5 heteroatoms. The predicted molar refractivity (Wildman–Crippen MR) is 63.2 cm³/mol. The highest BCUT2D eigenvalue weighted by molar-refractivity contribution is 5.91. The molecule has 0 aliphatic heterocycles. The number of nitrogens with zero attached hydrogens (tertiary/aromatic N) is 2. The van der Waals surface area contributed by atoms with Crippen LogP contribution in [0.25, 0.3) is 11.1 Å². The third-order valence-electron chi connectivity index (χ3n) is 2.33. The molecule has 0 aliphatic carbocycles. The standard InChI is InChI=1S/C12H11N3O2/c1-17-12(16)9-6-10(11(13)15-7-9)8-2-4-14-5-3-8/h2-7H,1H3,(H2,13,15). The third-order valence-corrected chi connectivity index (χ3v) is 2.33. The van der Waals surface area contributed by atoms with Gasteiger partial charge in [0.05, 0.1) is 12.7 Å². The van der Waals surface area contributed by atoms with E-state index in [1.807, 2.05) is 0 Å². The lowest BCUT2D eigenvalue weighted by Crippen LogP contribution is -2.04. The molecule has 0 aliphatic rings. The molecule has 0 atom stereocenters. The maximum Gasteiger partial charge on any atom is 0.339 e. The Hall–Kier alpha value is -2.43. The number of nitrogen functional groups attached to an aromatic ring is 1. The van der Waals surface area contributed by atoms with Crippen LogP contribution in [0.3, 0.4) is 0 Å². The first-order valence-corrected chi connectivity index (χ1v) is 4.96. The smallest absolute Gasteiger partial charge is 0.339 e. The van der Waals surface area contributed by atoms with Crippen LogP contribution in [0.2, 0.25) is 0 Å². The molecule has 0 amide bonds. The quantitative estimate of drug-likeness (QED) is 0.790. The molecular weight excluding hydrogens is 218 g/mol. The van der Waals surface area contributed by atoms with Crippen molar-refractivity contribution in [3.8, 4) is 11.1 Å². The number of hydrogen-bond donors (Lipinski definition) is 1. The monoisotopic (exact) mass is 229 g/mol. The van der Waals surface area contributed by atoms with Gasteiger partial charge in [0.25, 0.3) is 0 Å². The molecule has 0 saturated carbocycles. The van der Waals surface area contributed by atoms with Crippen LogP contribution in [0.15, 0.2) is 36.8 Å². The van der Waals surface area contributed by atoms with Gasteiger partial charge in [0.2, 0.25) is 0 Å². The number of rotatable bonds is 2. The van der Waals surface area contributed by atoms with Gasteiger partial charge in [-0.25, -0.2) is 9.78 Å². The normalized spacial score (nSPS) is 9.94. The number of hydrogen-bond acceptors (Lipinski definition) is 5. The van der Waals surface area contributed by atoms with Crippen LogP contribution in [0.5, 0.6) is 0 Å². The molecule has 0 radical (unpaired) electrons. The van der Waals surface area contributed by atoms with Gasteiger partial charge in [0.15, 0.2) is 0 Å². The molecule has 17 heavy (non-hydrogen) atoms. The van der Waals surface area contributed by atoms with Gasteiger partial charge in [-0.15, -0.1) is 0 Å². The summed E-state index contributed by atoms with van der Waals surface area (Å²) in [4.78, 5) is 19.3. The summed E-state index contributed by atoms with van der Waals surface area (Å²) in [7, 11) is 1.32. The van der Waals surface area contributed by atoms with Crippen molar-refractivity contribution in [3.05, 3.63) is 42.4 Å². The average molecular weight is 229 g/mol. The minimum absolute atomic E-state index is 0.365. The second kappa shape index (κ2) is 4.61. The molecular formula is C12H11N3O2. The number of esters is 1. The van der Waals surface area contributed by atoms with Crippen molar-refractivity contribution in [2.45, 2.75) is 0 Å². The summed E-state index contributed by atoms with van der Waals surface area (Å²) in [5.41, 5.74) is 7.70. The van der Waals surface area contributed by atoms with Crippen LogP contribution in [-0.2, 0) is 4.74 Å². The van der Waals surface area contributed by atoms with Gasteiger partial charge >= 0.3 is 5.97 Å². The maximum absolute atomic E-state index is 11.4. The zero-order chi connectivity index (χ0) is 12.3. The van der Waals surface area contributed by atoms with Crippen molar-refractivity contribution in [2.24, 2.45) is 0 Å². The molecule has 86 valence electrons. The van der Waals surface area contributed by atoms with Crippen LogP contribution >= 0.6 is 0 Å². The zero-order valence-electron chi connectivity index (χ0n) is 9.25. The van der Waals surface area contributed by atoms with Gasteiger partial charge in [-0.3, -0.25) is 4.98 Å². The number of pyridine rings is 2. The molecule has 0 bridgehead atoms. The second-order valence-electron chi connectivity index (χ2n) is 3.38. The largest absolute Gasteiger partial charge is 0.465 e. The Labute approximate surface area is 98.3 Å². The Bertz CT molecular complexity index is 541. The molecule has 2 rings (SSSR count). The van der Waals surface area contributed by atoms with Crippen molar-refractivity contribution in [3.63, 3.8) is 0 Å². The first-order chi connectivity index (χ1) is 8.22. The SMILES string of the molecule is COC(=O)c1cnc(N)c(-c2ccncc2)c1. The van der Waals surface area contributed by atoms with Crippen molar-refractivity contribution in [1.82, 2.24) is 9.97 Å². The van der Waals surface area contributed by atoms with Crippen molar-refractivity contribution in [1.29, 1.82) is 0 Å². The highest BCUT2D eigenvalue weighted by Gasteiger charge is 2.10. The van der Waals surface area contributed by atoms with Crippen LogP contribution in [0, 0.1) is 0 Å². The van der Waals surface area contributed by atoms with Crippen molar-refractivity contribution < 1.29 is 9.53 Å². The number of methoxy groups -OCH3 is 1. The maximum atomic E-state index is 11.4. The lowest BCUT2D eigenvalue weighted by atomic mass is 10.1. The van der Waals surface area contributed by atoms with E-state index in [0.29, 0.717) is 16.9 Å². The Kier molecular flexibility index (Phi) is 3.00. The van der Waals surface area contributed by atoms with E-state index in [0.717, 1.165) is 5.56 Å². The highest BCUT2D eigenvalue weighted by atomic mass is 16.5. The fraction of sp³-hybridized carbons (Fsp3) is 0.0833. The molecule has 0 aromatic carbocycles. The van der Waals surface area contributed by atoms with Gasteiger partial charge in [-0.05, 0) is 23.8 Å². The molecule has 2 aromatic heterocycles. The van der Waals surface area contributed by atoms with Crippen LogP contribution < -0.4 is 5.73 Å². The van der Waals surface area contributed by atoms with E-state index >= 15 is 0 Å². The van der Waals surface area contributed by atoms with E-state index in [-0.39, 0.29) is 0 Å². The number of aromatic nitrogens is 2. The Balaban J connectivity index is 2.50. The summed E-state index contributed by atoms with van der Waals surface area (Å²) in [6, 6.07) is 5.26. The number of anilines is 1. The van der Waals surface area contributed by atoms with Gasteiger partial charge < -0.3 is 10.5 Å². The Morgan fingerprint density at radius 1 is 1.35 bits per heavy atom. The first kappa shape index (κ1) is 11.1. The van der Waals surface area contributed by atoms with Crippen LogP contribution in [-0.4, -0.2) is 23.0 Å². The van der Waals surface area contributed by atoms with E-state index in [9.17, 15) is 4.79 Å². The number of ether oxygens (including phenoxy) is 1. The molecule has 0 fully saturated rings. The summed E-state index contributed by atoms with van der Waals surface area (Å²) in [6.45, 7) is 0. The molecule has 0 unspecified atom stereocenters. The van der Waals surface area contributed by atoms with E-state index in [1.54, 1.807) is 30.6 Å². The van der Waals surface area contributed by atoms with Crippen molar-refractivity contribution >= 4 is 11.8 Å². The number of nitrogens with two attached hydrogens (primary N) is 1. The van der Waals surface area contributed by atoms with E-state index < -0.39 is 5.97 Å². The molecule has 2 heterocycles. The molecule has 0 saturated heterocycles. The summed E-state index contributed by atoms with van der Waals surface area (Å²) in [5, 5.41) is 0. The number of carbonyl (C=O) groups excluding carboxylic acids is 1. The average Bonchev–Trinajstić information content (AvgIpc) is 2.39. The molecule has 5 nitrogen and oxygen atoms in total. The highest BCUT2D eigenvalue weighted by Crippen LogP contribution is 2.24. The molecule has 2 N–H and O–H groups in total. The summed E-state index contributed by atoms with van der Waals surface area (Å²) >= 11 is 0.